The lowest BCUT2D eigenvalue weighted by Crippen LogP contribution is -2.58. The van der Waals surface area contributed by atoms with Gasteiger partial charge in [0.05, 0.1) is 11.2 Å². The quantitative estimate of drug-likeness (QED) is 0.397. The van der Waals surface area contributed by atoms with E-state index in [1.54, 1.807) is 0 Å². The van der Waals surface area contributed by atoms with Crippen LogP contribution >= 0.6 is 0 Å². The standard InChI is InChI=1S/C33H46N2/c1-24(2)28-19-14-20-29(25(3)4)31(28)35-33(30-21-12-13-22-34-30,23-26-15-8-7-9-16-26)32(5,6)27-17-10-11-18-27/h7-9,12-16,19,21-22,24-25,27,29,35H,10-11,17-18,20,23H2,1-6H3. The van der Waals surface area contributed by atoms with Crippen molar-refractivity contribution in [1.82, 2.24) is 10.3 Å². The highest BCUT2D eigenvalue weighted by molar-refractivity contribution is 5.37. The van der Waals surface area contributed by atoms with Gasteiger partial charge in [-0.1, -0.05) is 103 Å². The Balaban J connectivity index is 1.96. The van der Waals surface area contributed by atoms with E-state index in [1.165, 1.54) is 48.2 Å². The summed E-state index contributed by atoms with van der Waals surface area (Å²) in [5.41, 5.74) is 5.17. The predicted octanol–water partition coefficient (Wildman–Crippen LogP) is 8.47. The van der Waals surface area contributed by atoms with Crippen LogP contribution in [0.25, 0.3) is 0 Å². The molecule has 35 heavy (non-hydrogen) atoms. The van der Waals surface area contributed by atoms with Crippen molar-refractivity contribution in [2.24, 2.45) is 29.1 Å². The Hall–Kier alpha value is -2.35. The average molecular weight is 471 g/mol. The van der Waals surface area contributed by atoms with Crippen LogP contribution in [0, 0.1) is 29.1 Å². The summed E-state index contributed by atoms with van der Waals surface area (Å²) in [5.74, 6) is 2.21. The predicted molar refractivity (Wildman–Crippen MR) is 149 cm³/mol. The summed E-state index contributed by atoms with van der Waals surface area (Å²) in [6, 6.07) is 17.6. The summed E-state index contributed by atoms with van der Waals surface area (Å²) in [4.78, 5) is 5.09. The fraction of sp³-hybridized carbons (Fsp3) is 0.545. The van der Waals surface area contributed by atoms with Crippen molar-refractivity contribution in [2.45, 2.75) is 85.6 Å². The zero-order valence-electron chi connectivity index (χ0n) is 22.9. The second-order valence-corrected chi connectivity index (χ2v) is 12.1. The molecule has 0 amide bonds. The molecule has 2 aliphatic carbocycles. The Labute approximate surface area is 214 Å². The molecule has 0 bridgehead atoms. The van der Waals surface area contributed by atoms with Crippen LogP contribution < -0.4 is 5.32 Å². The van der Waals surface area contributed by atoms with Gasteiger partial charge in [-0.05, 0) is 65.7 Å². The fourth-order valence-corrected chi connectivity index (χ4v) is 6.70. The largest absolute Gasteiger partial charge is 0.376 e. The lowest BCUT2D eigenvalue weighted by atomic mass is 9.59. The third-order valence-electron chi connectivity index (χ3n) is 9.03. The van der Waals surface area contributed by atoms with Gasteiger partial charge in [-0.15, -0.1) is 0 Å². The number of nitrogens with zero attached hydrogens (tertiary/aromatic N) is 1. The molecule has 2 heteroatoms. The van der Waals surface area contributed by atoms with Gasteiger partial charge in [-0.2, -0.15) is 0 Å². The maximum atomic E-state index is 5.09. The molecule has 188 valence electrons. The van der Waals surface area contributed by atoms with Gasteiger partial charge in [0.1, 0.15) is 0 Å². The number of nitrogens with one attached hydrogen (secondary N) is 1. The molecule has 0 radical (unpaired) electrons. The molecule has 1 heterocycles. The highest BCUT2D eigenvalue weighted by Crippen LogP contribution is 2.53. The highest BCUT2D eigenvalue weighted by atomic mass is 15.1. The van der Waals surface area contributed by atoms with Gasteiger partial charge in [0.2, 0.25) is 0 Å². The molecule has 4 rings (SSSR count). The number of hydrogen-bond donors (Lipinski definition) is 1. The van der Waals surface area contributed by atoms with E-state index in [4.69, 9.17) is 4.98 Å². The van der Waals surface area contributed by atoms with Crippen molar-refractivity contribution in [3.63, 3.8) is 0 Å². The Morgan fingerprint density at radius 2 is 1.63 bits per heavy atom. The average Bonchev–Trinajstić information content (AvgIpc) is 3.40. The first kappa shape index (κ1) is 25.7. The van der Waals surface area contributed by atoms with Crippen LogP contribution in [-0.4, -0.2) is 4.98 Å². The molecule has 1 aromatic carbocycles. The van der Waals surface area contributed by atoms with Crippen LogP contribution in [-0.2, 0) is 12.0 Å². The van der Waals surface area contributed by atoms with Gasteiger partial charge in [0, 0.05) is 24.2 Å². The van der Waals surface area contributed by atoms with E-state index in [0.29, 0.717) is 23.7 Å². The summed E-state index contributed by atoms with van der Waals surface area (Å²) in [6.45, 7) is 14.5. The summed E-state index contributed by atoms with van der Waals surface area (Å²) in [5, 5.41) is 4.38. The lowest BCUT2D eigenvalue weighted by Gasteiger charge is -2.53. The third kappa shape index (κ3) is 5.13. The summed E-state index contributed by atoms with van der Waals surface area (Å²) in [6.07, 6.45) is 14.1. The molecule has 2 nitrogen and oxygen atoms in total. The Bertz CT molecular complexity index is 1010. The zero-order chi connectivity index (χ0) is 25.1. The molecule has 2 unspecified atom stereocenters. The minimum atomic E-state index is -0.307. The highest BCUT2D eigenvalue weighted by Gasteiger charge is 2.53. The molecule has 1 saturated carbocycles. The van der Waals surface area contributed by atoms with Crippen molar-refractivity contribution >= 4 is 0 Å². The van der Waals surface area contributed by atoms with Crippen molar-refractivity contribution in [3.8, 4) is 0 Å². The zero-order valence-corrected chi connectivity index (χ0v) is 22.9. The van der Waals surface area contributed by atoms with E-state index in [-0.39, 0.29) is 11.0 Å². The van der Waals surface area contributed by atoms with E-state index in [0.717, 1.165) is 12.8 Å². The SMILES string of the molecule is CC(C)C1=C(NC(Cc2ccccc2)(c2ccccn2)C(C)(C)C2CCCC2)C(C(C)C)CC=C1. The van der Waals surface area contributed by atoms with E-state index in [1.807, 2.05) is 6.20 Å². The van der Waals surface area contributed by atoms with E-state index in [9.17, 15) is 0 Å². The molecule has 0 saturated heterocycles. The minimum absolute atomic E-state index is 0.0193. The number of allylic oxidation sites excluding steroid dienone is 4. The van der Waals surface area contributed by atoms with Crippen molar-refractivity contribution in [3.05, 3.63) is 89.4 Å². The molecule has 1 N–H and O–H groups in total. The summed E-state index contributed by atoms with van der Waals surface area (Å²) >= 11 is 0. The molecule has 1 aromatic heterocycles. The maximum Gasteiger partial charge on any atom is 0.0887 e. The van der Waals surface area contributed by atoms with E-state index in [2.05, 4.69) is 108 Å². The van der Waals surface area contributed by atoms with Gasteiger partial charge in [-0.25, -0.2) is 0 Å². The van der Waals surface area contributed by atoms with Crippen LogP contribution in [0.5, 0.6) is 0 Å². The molecule has 1 fully saturated rings. The third-order valence-corrected chi connectivity index (χ3v) is 9.03. The second kappa shape index (κ2) is 10.7. The molecule has 0 spiro atoms. The molecular formula is C33H46N2. The van der Waals surface area contributed by atoms with Gasteiger partial charge in [0.15, 0.2) is 0 Å². The number of rotatable bonds is 9. The van der Waals surface area contributed by atoms with Crippen LogP contribution in [0.3, 0.4) is 0 Å². The molecule has 2 aliphatic rings. The van der Waals surface area contributed by atoms with Crippen LogP contribution in [0.2, 0.25) is 0 Å². The topological polar surface area (TPSA) is 24.9 Å². The van der Waals surface area contributed by atoms with Crippen molar-refractivity contribution < 1.29 is 0 Å². The fourth-order valence-electron chi connectivity index (χ4n) is 6.70. The summed E-state index contributed by atoms with van der Waals surface area (Å²) in [7, 11) is 0. The number of benzene rings is 1. The van der Waals surface area contributed by atoms with Crippen LogP contribution in [0.15, 0.2) is 78.1 Å². The molecule has 2 atom stereocenters. The molecular weight excluding hydrogens is 424 g/mol. The van der Waals surface area contributed by atoms with Gasteiger partial charge < -0.3 is 5.32 Å². The Morgan fingerprint density at radius 3 is 2.23 bits per heavy atom. The van der Waals surface area contributed by atoms with Crippen LogP contribution in [0.4, 0.5) is 0 Å². The van der Waals surface area contributed by atoms with Gasteiger partial charge >= 0.3 is 0 Å². The van der Waals surface area contributed by atoms with Crippen LogP contribution in [0.1, 0.15) is 84.9 Å². The van der Waals surface area contributed by atoms with E-state index < -0.39 is 0 Å². The van der Waals surface area contributed by atoms with Gasteiger partial charge in [-0.3, -0.25) is 4.98 Å². The van der Waals surface area contributed by atoms with E-state index >= 15 is 0 Å². The Morgan fingerprint density at radius 1 is 0.943 bits per heavy atom. The molecule has 2 aromatic rings. The van der Waals surface area contributed by atoms with Gasteiger partial charge in [0.25, 0.3) is 0 Å². The first-order valence-electron chi connectivity index (χ1n) is 13.9. The normalized spacial score (nSPS) is 21.1. The van der Waals surface area contributed by atoms with Crippen molar-refractivity contribution in [1.29, 1.82) is 0 Å². The number of aromatic nitrogens is 1. The maximum absolute atomic E-state index is 5.09. The number of pyridine rings is 1. The summed E-state index contributed by atoms with van der Waals surface area (Å²) < 4.78 is 0. The monoisotopic (exact) mass is 470 g/mol. The first-order chi connectivity index (χ1) is 16.8. The second-order valence-electron chi connectivity index (χ2n) is 12.1. The molecule has 0 aliphatic heterocycles. The van der Waals surface area contributed by atoms with Crippen molar-refractivity contribution in [2.75, 3.05) is 0 Å². The lowest BCUT2D eigenvalue weighted by molar-refractivity contribution is 0.0493. The minimum Gasteiger partial charge on any atom is -0.376 e. The number of hydrogen-bond acceptors (Lipinski definition) is 2. The first-order valence-corrected chi connectivity index (χ1v) is 13.9. The smallest absolute Gasteiger partial charge is 0.0887 e. The Kier molecular flexibility index (Phi) is 7.89.